The molecule has 0 bridgehead atoms. The lowest BCUT2D eigenvalue weighted by atomic mass is 9.75. The van der Waals surface area contributed by atoms with Crippen LogP contribution in [0.4, 0.5) is 0 Å². The summed E-state index contributed by atoms with van der Waals surface area (Å²) >= 11 is 0. The van der Waals surface area contributed by atoms with Gasteiger partial charge in [0.05, 0.1) is 0 Å². The number of carbonyl (C=O) groups is 1. The molecule has 0 rings (SSSR count). The molecular weight excluding hydrogens is 160 g/mol. The van der Waals surface area contributed by atoms with Crippen molar-refractivity contribution < 1.29 is 4.79 Å². The second-order valence-electron chi connectivity index (χ2n) is 3.97. The molecule has 0 aromatic carbocycles. The van der Waals surface area contributed by atoms with Gasteiger partial charge in [-0.05, 0) is 12.8 Å². The van der Waals surface area contributed by atoms with Gasteiger partial charge < -0.3 is 0 Å². The zero-order valence-corrected chi connectivity index (χ0v) is 8.40. The van der Waals surface area contributed by atoms with Crippen LogP contribution in [0.2, 0.25) is 0 Å². The lowest BCUT2D eigenvalue weighted by molar-refractivity contribution is -0.127. The third kappa shape index (κ3) is 5.07. The van der Waals surface area contributed by atoms with Crippen molar-refractivity contribution in [1.29, 1.82) is 0 Å². The minimum absolute atomic E-state index is 0. The molecule has 0 aliphatic heterocycles. The SMILES string of the molecule is C.C.CCC[C@H](C)C(C)(C)C(C)=O. The van der Waals surface area contributed by atoms with Gasteiger partial charge >= 0.3 is 0 Å². The second-order valence-corrected chi connectivity index (χ2v) is 3.97. The maximum atomic E-state index is 11.2. The maximum Gasteiger partial charge on any atom is 0.135 e. The van der Waals surface area contributed by atoms with Crippen LogP contribution in [0, 0.1) is 11.3 Å². The van der Waals surface area contributed by atoms with E-state index in [9.17, 15) is 4.79 Å². The third-order valence-electron chi connectivity index (χ3n) is 2.86. The summed E-state index contributed by atoms with van der Waals surface area (Å²) in [6.45, 7) is 10.1. The van der Waals surface area contributed by atoms with Crippen LogP contribution in [0.25, 0.3) is 0 Å². The fourth-order valence-corrected chi connectivity index (χ4v) is 1.14. The third-order valence-corrected chi connectivity index (χ3v) is 2.86. The highest BCUT2D eigenvalue weighted by atomic mass is 16.1. The molecule has 0 aromatic rings. The van der Waals surface area contributed by atoms with Crippen LogP contribution in [-0.2, 0) is 4.79 Å². The van der Waals surface area contributed by atoms with Gasteiger partial charge in [0.2, 0.25) is 0 Å². The zero-order chi connectivity index (χ0) is 9.07. The average Bonchev–Trinajstić information content (AvgIpc) is 1.88. The number of Topliss-reactive ketones (excluding diaryl/α,β-unsaturated/α-hetero) is 1. The molecule has 13 heavy (non-hydrogen) atoms. The molecule has 0 spiro atoms. The van der Waals surface area contributed by atoms with Gasteiger partial charge in [0.25, 0.3) is 0 Å². The highest BCUT2D eigenvalue weighted by molar-refractivity contribution is 5.81. The largest absolute Gasteiger partial charge is 0.299 e. The van der Waals surface area contributed by atoms with E-state index in [4.69, 9.17) is 0 Å². The van der Waals surface area contributed by atoms with E-state index in [0.717, 1.165) is 12.8 Å². The van der Waals surface area contributed by atoms with Gasteiger partial charge in [-0.1, -0.05) is 55.4 Å². The first-order valence-corrected chi connectivity index (χ1v) is 4.44. The quantitative estimate of drug-likeness (QED) is 0.642. The van der Waals surface area contributed by atoms with E-state index in [0.29, 0.717) is 11.7 Å². The van der Waals surface area contributed by atoms with Gasteiger partial charge in [-0.2, -0.15) is 0 Å². The molecule has 0 saturated carbocycles. The monoisotopic (exact) mass is 188 g/mol. The van der Waals surface area contributed by atoms with Gasteiger partial charge in [0.15, 0.2) is 0 Å². The highest BCUT2D eigenvalue weighted by Gasteiger charge is 2.29. The van der Waals surface area contributed by atoms with Crippen molar-refractivity contribution in [3.8, 4) is 0 Å². The molecule has 1 atom stereocenters. The predicted octanol–water partition coefficient (Wildman–Crippen LogP) is 4.31. The molecule has 0 amide bonds. The Morgan fingerprint density at radius 2 is 1.69 bits per heavy atom. The molecule has 1 heteroatoms. The van der Waals surface area contributed by atoms with Crippen LogP contribution in [0.1, 0.15) is 62.3 Å². The molecule has 0 heterocycles. The Hall–Kier alpha value is -0.330. The smallest absolute Gasteiger partial charge is 0.135 e. The van der Waals surface area contributed by atoms with E-state index in [1.54, 1.807) is 6.92 Å². The molecule has 0 aliphatic rings. The van der Waals surface area contributed by atoms with E-state index in [2.05, 4.69) is 13.8 Å². The lowest BCUT2D eigenvalue weighted by Crippen LogP contribution is -2.29. The maximum absolute atomic E-state index is 11.2. The Morgan fingerprint density at radius 3 is 1.92 bits per heavy atom. The van der Waals surface area contributed by atoms with E-state index in [1.165, 1.54) is 0 Å². The summed E-state index contributed by atoms with van der Waals surface area (Å²) in [7, 11) is 0. The number of rotatable bonds is 4. The summed E-state index contributed by atoms with van der Waals surface area (Å²) < 4.78 is 0. The second kappa shape index (κ2) is 7.11. The fraction of sp³-hybridized carbons (Fsp3) is 0.917. The Bertz CT molecular complexity index is 136. The van der Waals surface area contributed by atoms with Gasteiger partial charge in [-0.25, -0.2) is 0 Å². The molecule has 0 aliphatic carbocycles. The Kier molecular flexibility index (Phi) is 10.1. The van der Waals surface area contributed by atoms with E-state index < -0.39 is 0 Å². The molecule has 0 N–H and O–H groups in total. The van der Waals surface area contributed by atoms with Crippen molar-refractivity contribution in [2.24, 2.45) is 11.3 Å². The molecule has 0 fully saturated rings. The van der Waals surface area contributed by atoms with Crippen molar-refractivity contribution in [2.75, 3.05) is 0 Å². The molecule has 0 unspecified atom stereocenters. The van der Waals surface area contributed by atoms with Gasteiger partial charge in [-0.3, -0.25) is 4.79 Å². The van der Waals surface area contributed by atoms with Crippen molar-refractivity contribution in [3.63, 3.8) is 0 Å². The normalized spacial score (nSPS) is 12.4. The van der Waals surface area contributed by atoms with E-state index in [1.807, 2.05) is 13.8 Å². The lowest BCUT2D eigenvalue weighted by Gasteiger charge is -2.28. The van der Waals surface area contributed by atoms with Gasteiger partial charge in [-0.15, -0.1) is 0 Å². The highest BCUT2D eigenvalue weighted by Crippen LogP contribution is 2.30. The molecule has 1 nitrogen and oxygen atoms in total. The number of hydrogen-bond acceptors (Lipinski definition) is 1. The average molecular weight is 188 g/mol. The standard InChI is InChI=1S/C10H20O.2CH4/c1-6-7-8(2)10(4,5)9(3)11;;/h8H,6-7H2,1-5H3;2*1H4/t8-;;/m0../s1. The summed E-state index contributed by atoms with van der Waals surface area (Å²) in [6.07, 6.45) is 2.31. The van der Waals surface area contributed by atoms with Crippen LogP contribution in [0.3, 0.4) is 0 Å². The van der Waals surface area contributed by atoms with Crippen molar-refractivity contribution in [1.82, 2.24) is 0 Å². The first-order valence-electron chi connectivity index (χ1n) is 4.44. The summed E-state index contributed by atoms with van der Waals surface area (Å²) in [5.74, 6) is 0.809. The van der Waals surface area contributed by atoms with Crippen molar-refractivity contribution in [3.05, 3.63) is 0 Å². The molecule has 0 radical (unpaired) electrons. The Balaban J connectivity index is -0.000000500. The van der Waals surface area contributed by atoms with Crippen LogP contribution < -0.4 is 0 Å². The van der Waals surface area contributed by atoms with Gasteiger partial charge in [0.1, 0.15) is 5.78 Å². The number of ketones is 1. The molecule has 0 aromatic heterocycles. The van der Waals surface area contributed by atoms with Crippen LogP contribution in [-0.4, -0.2) is 5.78 Å². The minimum Gasteiger partial charge on any atom is -0.299 e. The molecular formula is C12H28O. The zero-order valence-electron chi connectivity index (χ0n) is 8.40. The summed E-state index contributed by atoms with van der Waals surface area (Å²) in [5, 5.41) is 0. The number of hydrogen-bond donors (Lipinski definition) is 0. The fourth-order valence-electron chi connectivity index (χ4n) is 1.14. The molecule has 82 valence electrons. The predicted molar refractivity (Wildman–Crippen MR) is 62.0 cm³/mol. The first kappa shape index (κ1) is 18.5. The van der Waals surface area contributed by atoms with Crippen LogP contribution in [0.15, 0.2) is 0 Å². The van der Waals surface area contributed by atoms with E-state index in [-0.39, 0.29) is 20.3 Å². The number of carbonyl (C=O) groups excluding carboxylic acids is 1. The summed E-state index contributed by atoms with van der Waals surface area (Å²) in [5.41, 5.74) is -0.129. The minimum atomic E-state index is -0.129. The van der Waals surface area contributed by atoms with Crippen LogP contribution >= 0.6 is 0 Å². The Labute approximate surface area is 84.9 Å². The van der Waals surface area contributed by atoms with Gasteiger partial charge in [0, 0.05) is 5.41 Å². The topological polar surface area (TPSA) is 17.1 Å². The molecule has 0 saturated heterocycles. The van der Waals surface area contributed by atoms with E-state index >= 15 is 0 Å². The summed E-state index contributed by atoms with van der Waals surface area (Å²) in [4.78, 5) is 11.2. The van der Waals surface area contributed by atoms with Crippen molar-refractivity contribution in [2.45, 2.75) is 62.3 Å². The summed E-state index contributed by atoms with van der Waals surface area (Å²) in [6, 6.07) is 0. The first-order chi connectivity index (χ1) is 4.92. The Morgan fingerprint density at radius 1 is 1.31 bits per heavy atom. The van der Waals surface area contributed by atoms with Crippen molar-refractivity contribution >= 4 is 5.78 Å². The van der Waals surface area contributed by atoms with Crippen LogP contribution in [0.5, 0.6) is 0 Å².